The van der Waals surface area contributed by atoms with E-state index in [-0.39, 0.29) is 12.5 Å². The van der Waals surface area contributed by atoms with Crippen LogP contribution in [-0.2, 0) is 0 Å². The van der Waals surface area contributed by atoms with Gasteiger partial charge in [-0.1, -0.05) is 17.9 Å². The third kappa shape index (κ3) is 3.57. The van der Waals surface area contributed by atoms with Crippen LogP contribution < -0.4 is 5.73 Å². The normalized spacial score (nSPS) is 13.6. The molecule has 1 aliphatic carbocycles. The molecule has 2 rings (SSSR count). The molecule has 0 aliphatic heterocycles. The van der Waals surface area contributed by atoms with Crippen molar-refractivity contribution in [3.05, 3.63) is 35.4 Å². The van der Waals surface area contributed by atoms with Crippen molar-refractivity contribution in [3.8, 4) is 11.8 Å². The van der Waals surface area contributed by atoms with Crippen LogP contribution in [0.1, 0.15) is 28.8 Å². The highest BCUT2D eigenvalue weighted by Gasteiger charge is 2.32. The molecular weight excluding hydrogens is 240 g/mol. The van der Waals surface area contributed by atoms with E-state index in [4.69, 9.17) is 10.8 Å². The quantitative estimate of drug-likeness (QED) is 0.777. The van der Waals surface area contributed by atoms with Gasteiger partial charge in [-0.15, -0.1) is 0 Å². The SMILES string of the molecule is NCC#Cc1cccc(C(=O)N(CCO)C2CC2)c1. The number of carbonyl (C=O) groups is 1. The van der Waals surface area contributed by atoms with Gasteiger partial charge in [0.2, 0.25) is 0 Å². The fourth-order valence-corrected chi connectivity index (χ4v) is 1.99. The van der Waals surface area contributed by atoms with Gasteiger partial charge in [0, 0.05) is 23.7 Å². The lowest BCUT2D eigenvalue weighted by Crippen LogP contribution is -2.35. The lowest BCUT2D eigenvalue weighted by atomic mass is 10.1. The summed E-state index contributed by atoms with van der Waals surface area (Å²) < 4.78 is 0. The number of amides is 1. The summed E-state index contributed by atoms with van der Waals surface area (Å²) in [5.41, 5.74) is 6.74. The maximum atomic E-state index is 12.4. The van der Waals surface area contributed by atoms with Crippen molar-refractivity contribution in [1.82, 2.24) is 4.90 Å². The van der Waals surface area contributed by atoms with E-state index in [1.165, 1.54) is 0 Å². The molecule has 0 heterocycles. The Hall–Kier alpha value is -1.83. The molecule has 100 valence electrons. The Labute approximate surface area is 113 Å². The van der Waals surface area contributed by atoms with Crippen LogP contribution in [0.3, 0.4) is 0 Å². The molecule has 0 unspecified atom stereocenters. The lowest BCUT2D eigenvalue weighted by Gasteiger charge is -2.21. The maximum Gasteiger partial charge on any atom is 0.254 e. The van der Waals surface area contributed by atoms with Gasteiger partial charge in [-0.05, 0) is 31.0 Å². The number of carbonyl (C=O) groups excluding carboxylic acids is 1. The smallest absolute Gasteiger partial charge is 0.254 e. The van der Waals surface area contributed by atoms with Crippen LogP contribution in [0.15, 0.2) is 24.3 Å². The minimum Gasteiger partial charge on any atom is -0.395 e. The fraction of sp³-hybridized carbons (Fsp3) is 0.400. The van der Waals surface area contributed by atoms with Crippen LogP contribution >= 0.6 is 0 Å². The zero-order valence-electron chi connectivity index (χ0n) is 10.8. The Morgan fingerprint density at radius 1 is 1.47 bits per heavy atom. The Kier molecular flexibility index (Phi) is 4.56. The highest BCUT2D eigenvalue weighted by Crippen LogP contribution is 2.28. The summed E-state index contributed by atoms with van der Waals surface area (Å²) in [4.78, 5) is 14.1. The second-order valence-electron chi connectivity index (χ2n) is 4.54. The summed E-state index contributed by atoms with van der Waals surface area (Å²) in [5, 5.41) is 9.05. The summed E-state index contributed by atoms with van der Waals surface area (Å²) in [5.74, 6) is 5.66. The van der Waals surface area contributed by atoms with Crippen LogP contribution in [0.4, 0.5) is 0 Å². The molecule has 3 N–H and O–H groups in total. The topological polar surface area (TPSA) is 66.6 Å². The fourth-order valence-electron chi connectivity index (χ4n) is 1.99. The molecule has 1 aromatic carbocycles. The van der Waals surface area contributed by atoms with E-state index in [1.807, 2.05) is 12.1 Å². The first-order valence-electron chi connectivity index (χ1n) is 6.47. The largest absolute Gasteiger partial charge is 0.395 e. The predicted molar refractivity (Wildman–Crippen MR) is 73.5 cm³/mol. The van der Waals surface area contributed by atoms with Gasteiger partial charge >= 0.3 is 0 Å². The van der Waals surface area contributed by atoms with Crippen molar-refractivity contribution in [3.63, 3.8) is 0 Å². The molecule has 1 amide bonds. The number of rotatable bonds is 4. The summed E-state index contributed by atoms with van der Waals surface area (Å²) >= 11 is 0. The Morgan fingerprint density at radius 3 is 2.89 bits per heavy atom. The van der Waals surface area contributed by atoms with Crippen molar-refractivity contribution in [2.45, 2.75) is 18.9 Å². The third-order valence-corrected chi connectivity index (χ3v) is 3.03. The highest BCUT2D eigenvalue weighted by molar-refractivity contribution is 5.95. The van der Waals surface area contributed by atoms with Gasteiger partial charge in [0.05, 0.1) is 13.2 Å². The monoisotopic (exact) mass is 258 g/mol. The molecule has 4 heteroatoms. The van der Waals surface area contributed by atoms with Crippen LogP contribution in [0, 0.1) is 11.8 Å². The van der Waals surface area contributed by atoms with Gasteiger partial charge in [0.25, 0.3) is 5.91 Å². The number of nitrogens with zero attached hydrogens (tertiary/aromatic N) is 1. The van der Waals surface area contributed by atoms with E-state index in [2.05, 4.69) is 11.8 Å². The van der Waals surface area contributed by atoms with Gasteiger partial charge in [-0.3, -0.25) is 4.79 Å². The van der Waals surface area contributed by atoms with E-state index in [1.54, 1.807) is 17.0 Å². The third-order valence-electron chi connectivity index (χ3n) is 3.03. The zero-order valence-corrected chi connectivity index (χ0v) is 10.8. The van der Waals surface area contributed by atoms with Gasteiger partial charge in [0.15, 0.2) is 0 Å². The van der Waals surface area contributed by atoms with E-state index in [0.717, 1.165) is 18.4 Å². The first kappa shape index (κ1) is 13.6. The summed E-state index contributed by atoms with van der Waals surface area (Å²) in [6.45, 7) is 0.688. The molecule has 0 saturated heterocycles. The molecule has 1 aliphatic rings. The Balaban J connectivity index is 2.17. The molecule has 0 radical (unpaired) electrons. The molecule has 1 fully saturated rings. The van der Waals surface area contributed by atoms with Crippen molar-refractivity contribution in [2.75, 3.05) is 19.7 Å². The molecular formula is C15H18N2O2. The average Bonchev–Trinajstić information content (AvgIpc) is 3.26. The lowest BCUT2D eigenvalue weighted by molar-refractivity contribution is 0.0707. The molecule has 1 saturated carbocycles. The van der Waals surface area contributed by atoms with Crippen LogP contribution in [-0.4, -0.2) is 41.7 Å². The standard InChI is InChI=1S/C15H18N2O2/c16-8-2-4-12-3-1-5-13(11-12)15(19)17(9-10-18)14-6-7-14/h1,3,5,11,14,18H,6-10,16H2. The first-order valence-corrected chi connectivity index (χ1v) is 6.47. The minimum absolute atomic E-state index is 0.00505. The molecule has 19 heavy (non-hydrogen) atoms. The highest BCUT2D eigenvalue weighted by atomic mass is 16.3. The number of benzene rings is 1. The van der Waals surface area contributed by atoms with Crippen molar-refractivity contribution >= 4 is 5.91 Å². The van der Waals surface area contributed by atoms with E-state index < -0.39 is 0 Å². The summed E-state index contributed by atoms with van der Waals surface area (Å²) in [7, 11) is 0. The van der Waals surface area contributed by atoms with Gasteiger partial charge in [-0.25, -0.2) is 0 Å². The van der Waals surface area contributed by atoms with Crippen molar-refractivity contribution in [2.24, 2.45) is 5.73 Å². The Bertz CT molecular complexity index is 512. The second kappa shape index (κ2) is 6.37. The summed E-state index contributed by atoms with van der Waals surface area (Å²) in [6.07, 6.45) is 2.05. The molecule has 0 spiro atoms. The van der Waals surface area contributed by atoms with Crippen molar-refractivity contribution in [1.29, 1.82) is 0 Å². The second-order valence-corrected chi connectivity index (χ2v) is 4.54. The van der Waals surface area contributed by atoms with Crippen LogP contribution in [0.2, 0.25) is 0 Å². The van der Waals surface area contributed by atoms with Gasteiger partial charge in [0.1, 0.15) is 0 Å². The predicted octanol–water partition coefficient (Wildman–Crippen LogP) is 0.594. The molecule has 0 bridgehead atoms. The molecule has 4 nitrogen and oxygen atoms in total. The van der Waals surface area contributed by atoms with Crippen LogP contribution in [0.25, 0.3) is 0 Å². The van der Waals surface area contributed by atoms with E-state index in [9.17, 15) is 4.79 Å². The molecule has 0 atom stereocenters. The molecule has 0 aromatic heterocycles. The number of nitrogens with two attached hydrogens (primary N) is 1. The first-order chi connectivity index (χ1) is 9.26. The average molecular weight is 258 g/mol. The minimum atomic E-state index is -0.0343. The number of aliphatic hydroxyl groups excluding tert-OH is 1. The zero-order chi connectivity index (χ0) is 13.7. The van der Waals surface area contributed by atoms with Gasteiger partial charge < -0.3 is 15.7 Å². The number of hydrogen-bond donors (Lipinski definition) is 2. The Morgan fingerprint density at radius 2 is 2.26 bits per heavy atom. The number of hydrogen-bond acceptors (Lipinski definition) is 3. The van der Waals surface area contributed by atoms with E-state index >= 15 is 0 Å². The van der Waals surface area contributed by atoms with Gasteiger partial charge in [-0.2, -0.15) is 0 Å². The van der Waals surface area contributed by atoms with Crippen LogP contribution in [0.5, 0.6) is 0 Å². The maximum absolute atomic E-state index is 12.4. The summed E-state index contributed by atoms with van der Waals surface area (Å²) in [6, 6.07) is 7.52. The number of aliphatic hydroxyl groups is 1. The molecule has 1 aromatic rings. The van der Waals surface area contributed by atoms with E-state index in [0.29, 0.717) is 24.7 Å². The van der Waals surface area contributed by atoms with Crippen molar-refractivity contribution < 1.29 is 9.90 Å².